The van der Waals surface area contributed by atoms with Crippen LogP contribution in [0, 0.1) is 0 Å². The van der Waals surface area contributed by atoms with Gasteiger partial charge in [-0.15, -0.1) is 0 Å². The molecule has 1 aromatic heterocycles. The standard InChI is InChI=1S/C21H14ClNS/c22-18-13-7-12-17(14-18)19-20(15-8-3-1-4-9-15)23-24-21(19)16-10-5-2-6-11-16/h1-14H. The predicted octanol–water partition coefficient (Wildman–Crippen LogP) is 6.80. The molecule has 0 aliphatic heterocycles. The molecular formula is C21H14ClNS. The summed E-state index contributed by atoms with van der Waals surface area (Å²) >= 11 is 7.77. The third-order valence-corrected chi connectivity index (χ3v) is 5.02. The van der Waals surface area contributed by atoms with Gasteiger partial charge >= 0.3 is 0 Å². The minimum absolute atomic E-state index is 0.733. The number of benzene rings is 3. The minimum Gasteiger partial charge on any atom is -0.191 e. The van der Waals surface area contributed by atoms with Gasteiger partial charge in [0.05, 0.1) is 10.6 Å². The quantitative estimate of drug-likeness (QED) is 0.397. The normalized spacial score (nSPS) is 10.7. The third kappa shape index (κ3) is 2.86. The summed E-state index contributed by atoms with van der Waals surface area (Å²) < 4.78 is 4.77. The van der Waals surface area contributed by atoms with Crippen LogP contribution < -0.4 is 0 Å². The van der Waals surface area contributed by atoms with Crippen LogP contribution in [0.1, 0.15) is 0 Å². The molecule has 0 saturated heterocycles. The Labute approximate surface area is 150 Å². The molecule has 0 aliphatic carbocycles. The Bertz CT molecular complexity index is 905. The Balaban J connectivity index is 1.98. The molecule has 0 aliphatic rings. The van der Waals surface area contributed by atoms with E-state index in [9.17, 15) is 0 Å². The van der Waals surface area contributed by atoms with Gasteiger partial charge in [-0.05, 0) is 34.8 Å². The van der Waals surface area contributed by atoms with Crippen LogP contribution in [0.25, 0.3) is 32.8 Å². The second-order valence-corrected chi connectivity index (χ2v) is 6.69. The zero-order chi connectivity index (χ0) is 16.4. The van der Waals surface area contributed by atoms with Crippen LogP contribution in [-0.4, -0.2) is 4.37 Å². The number of aromatic nitrogens is 1. The highest BCUT2D eigenvalue weighted by Gasteiger charge is 2.18. The SMILES string of the molecule is Clc1cccc(-c2c(-c3ccccc3)nsc2-c2ccccc2)c1. The summed E-state index contributed by atoms with van der Waals surface area (Å²) in [6.45, 7) is 0. The monoisotopic (exact) mass is 347 g/mol. The average Bonchev–Trinajstić information content (AvgIpc) is 3.08. The maximum absolute atomic E-state index is 6.24. The lowest BCUT2D eigenvalue weighted by Crippen LogP contribution is -1.85. The predicted molar refractivity (Wildman–Crippen MR) is 103 cm³/mol. The van der Waals surface area contributed by atoms with Crippen molar-refractivity contribution in [2.45, 2.75) is 0 Å². The molecule has 1 nitrogen and oxygen atoms in total. The largest absolute Gasteiger partial charge is 0.191 e. The average molecular weight is 348 g/mol. The highest BCUT2D eigenvalue weighted by molar-refractivity contribution is 7.10. The van der Waals surface area contributed by atoms with Crippen LogP contribution in [0.4, 0.5) is 0 Å². The minimum atomic E-state index is 0.733. The lowest BCUT2D eigenvalue weighted by atomic mass is 9.97. The van der Waals surface area contributed by atoms with Crippen molar-refractivity contribution >= 4 is 23.1 Å². The highest BCUT2D eigenvalue weighted by Crippen LogP contribution is 2.42. The Morgan fingerprint density at radius 1 is 0.667 bits per heavy atom. The van der Waals surface area contributed by atoms with Gasteiger partial charge in [-0.1, -0.05) is 84.4 Å². The van der Waals surface area contributed by atoms with E-state index in [-0.39, 0.29) is 0 Å². The fourth-order valence-corrected chi connectivity index (χ4v) is 3.90. The smallest absolute Gasteiger partial charge is 0.0925 e. The second-order valence-electron chi connectivity index (χ2n) is 5.48. The van der Waals surface area contributed by atoms with Gasteiger partial charge in [0.1, 0.15) is 0 Å². The van der Waals surface area contributed by atoms with Crippen molar-refractivity contribution in [1.82, 2.24) is 4.37 Å². The summed E-state index contributed by atoms with van der Waals surface area (Å²) in [4.78, 5) is 1.16. The van der Waals surface area contributed by atoms with Gasteiger partial charge in [0, 0.05) is 16.1 Å². The third-order valence-electron chi connectivity index (χ3n) is 3.89. The fraction of sp³-hybridized carbons (Fsp3) is 0. The Morgan fingerprint density at radius 2 is 1.29 bits per heavy atom. The van der Waals surface area contributed by atoms with Crippen LogP contribution in [0.2, 0.25) is 5.02 Å². The summed E-state index contributed by atoms with van der Waals surface area (Å²) in [7, 11) is 0. The molecule has 0 radical (unpaired) electrons. The number of rotatable bonds is 3. The van der Waals surface area contributed by atoms with Crippen molar-refractivity contribution in [3.63, 3.8) is 0 Å². The maximum Gasteiger partial charge on any atom is 0.0925 e. The van der Waals surface area contributed by atoms with Crippen LogP contribution in [0.15, 0.2) is 84.9 Å². The first-order chi connectivity index (χ1) is 11.8. The molecule has 0 N–H and O–H groups in total. The molecule has 0 saturated carbocycles. The Hall–Kier alpha value is -2.42. The molecule has 4 aromatic rings. The zero-order valence-electron chi connectivity index (χ0n) is 12.8. The second kappa shape index (κ2) is 6.60. The summed E-state index contributed by atoms with van der Waals surface area (Å²) in [6.07, 6.45) is 0. The maximum atomic E-state index is 6.24. The molecule has 0 atom stereocenters. The topological polar surface area (TPSA) is 12.9 Å². The van der Waals surface area contributed by atoms with Gasteiger partial charge < -0.3 is 0 Å². The summed E-state index contributed by atoms with van der Waals surface area (Å²) in [6, 6.07) is 28.7. The van der Waals surface area contributed by atoms with Gasteiger partial charge in [0.15, 0.2) is 0 Å². The van der Waals surface area contributed by atoms with E-state index in [1.165, 1.54) is 17.1 Å². The molecule has 0 unspecified atom stereocenters. The number of halogens is 1. The fourth-order valence-electron chi connectivity index (χ4n) is 2.78. The van der Waals surface area contributed by atoms with E-state index < -0.39 is 0 Å². The first-order valence-electron chi connectivity index (χ1n) is 7.69. The van der Waals surface area contributed by atoms with E-state index in [1.807, 2.05) is 42.5 Å². The van der Waals surface area contributed by atoms with Crippen molar-refractivity contribution in [2.24, 2.45) is 0 Å². The van der Waals surface area contributed by atoms with E-state index in [0.717, 1.165) is 32.3 Å². The zero-order valence-corrected chi connectivity index (χ0v) is 14.4. The van der Waals surface area contributed by atoms with Crippen LogP contribution >= 0.6 is 23.1 Å². The van der Waals surface area contributed by atoms with Crippen LogP contribution in [-0.2, 0) is 0 Å². The van der Waals surface area contributed by atoms with E-state index in [1.54, 1.807) is 0 Å². The molecule has 1 heterocycles. The van der Waals surface area contributed by atoms with E-state index in [0.29, 0.717) is 0 Å². The molecule has 3 aromatic carbocycles. The molecule has 0 amide bonds. The highest BCUT2D eigenvalue weighted by atomic mass is 35.5. The summed E-state index contributed by atoms with van der Waals surface area (Å²) in [5.41, 5.74) is 5.52. The Morgan fingerprint density at radius 3 is 1.96 bits per heavy atom. The van der Waals surface area contributed by atoms with Gasteiger partial charge in [-0.2, -0.15) is 4.37 Å². The van der Waals surface area contributed by atoms with Gasteiger partial charge in [-0.25, -0.2) is 0 Å². The molecular weight excluding hydrogens is 334 g/mol. The lowest BCUT2D eigenvalue weighted by molar-refractivity contribution is 1.51. The number of hydrogen-bond donors (Lipinski definition) is 0. The Kier molecular flexibility index (Phi) is 4.16. The molecule has 0 fully saturated rings. The number of nitrogens with zero attached hydrogens (tertiary/aromatic N) is 1. The van der Waals surface area contributed by atoms with Gasteiger partial charge in [0.25, 0.3) is 0 Å². The first-order valence-corrected chi connectivity index (χ1v) is 8.84. The number of hydrogen-bond acceptors (Lipinski definition) is 2. The molecule has 24 heavy (non-hydrogen) atoms. The van der Waals surface area contributed by atoms with Crippen molar-refractivity contribution in [1.29, 1.82) is 0 Å². The van der Waals surface area contributed by atoms with Crippen LogP contribution in [0.5, 0.6) is 0 Å². The first kappa shape index (κ1) is 15.1. The van der Waals surface area contributed by atoms with E-state index in [2.05, 4.69) is 42.5 Å². The molecule has 3 heteroatoms. The summed E-state index contributed by atoms with van der Waals surface area (Å²) in [5.74, 6) is 0. The summed E-state index contributed by atoms with van der Waals surface area (Å²) in [5, 5.41) is 0.733. The van der Waals surface area contributed by atoms with Gasteiger partial charge in [-0.3, -0.25) is 0 Å². The van der Waals surface area contributed by atoms with E-state index in [4.69, 9.17) is 16.0 Å². The molecule has 0 spiro atoms. The molecule has 0 bridgehead atoms. The lowest BCUT2D eigenvalue weighted by Gasteiger charge is -2.08. The van der Waals surface area contributed by atoms with E-state index >= 15 is 0 Å². The van der Waals surface area contributed by atoms with Crippen molar-refractivity contribution in [3.8, 4) is 32.8 Å². The van der Waals surface area contributed by atoms with Crippen molar-refractivity contribution in [2.75, 3.05) is 0 Å². The van der Waals surface area contributed by atoms with Crippen molar-refractivity contribution in [3.05, 3.63) is 90.0 Å². The van der Waals surface area contributed by atoms with Gasteiger partial charge in [0.2, 0.25) is 0 Å². The van der Waals surface area contributed by atoms with Crippen LogP contribution in [0.3, 0.4) is 0 Å². The molecule has 4 rings (SSSR count). The van der Waals surface area contributed by atoms with Crippen molar-refractivity contribution < 1.29 is 0 Å². The molecule has 116 valence electrons.